The summed E-state index contributed by atoms with van der Waals surface area (Å²) in [6, 6.07) is 36.9. The van der Waals surface area contributed by atoms with Crippen molar-refractivity contribution in [2.45, 2.75) is 90.3 Å². The zero-order valence-electron chi connectivity index (χ0n) is 56.4. The van der Waals surface area contributed by atoms with Crippen LogP contribution >= 0.6 is 0 Å². The fourth-order valence-corrected chi connectivity index (χ4v) is 7.97. The molecule has 0 saturated heterocycles. The van der Waals surface area contributed by atoms with E-state index in [4.69, 9.17) is 77.1 Å². The lowest BCUT2D eigenvalue weighted by Crippen LogP contribution is -2.08. The Balaban J connectivity index is 0.000000554. The molecule has 99 heavy (non-hydrogen) atoms. The zero-order chi connectivity index (χ0) is 71.9. The summed E-state index contributed by atoms with van der Waals surface area (Å²) in [6.07, 6.45) is 25.3. The van der Waals surface area contributed by atoms with Crippen molar-refractivity contribution in [1.29, 1.82) is 5.26 Å². The van der Waals surface area contributed by atoms with Gasteiger partial charge in [-0.2, -0.15) is 5.26 Å². The van der Waals surface area contributed by atoms with Crippen LogP contribution in [-0.2, 0) is 43.3 Å². The van der Waals surface area contributed by atoms with Crippen LogP contribution in [0.3, 0.4) is 0 Å². The summed E-state index contributed by atoms with van der Waals surface area (Å²) in [7, 11) is 1.68. The van der Waals surface area contributed by atoms with Crippen molar-refractivity contribution in [3.63, 3.8) is 0 Å². The average Bonchev–Trinajstić information content (AvgIpc) is 0.875. The standard InChI is InChI=1S/C39H50O10.C23H27NO5.C11H4.C10H2/c1-4-24-47-48-28-13-9-8-11-26-43-35-19-21-36(22-20-35)45-30-46-37-23-16-33(29-31(37)3)39(49-41)32-14-17-34(18-15-32)42-25-10-6-7-12-27-44-38(40)5-2;1-18(28-16-4-15-27-14-3-13-26-2)20-9-11-22(12-10-20)23(29-25)21-7-5-19(17-24)6-8-21;1-3-5-7-9-11-10-8-6-4-2;1-3-5-7-9-10-8-6-4-2/h4-5,14-23,29,39,41H,1-2,6-13,24-28,30H2,3H3;5-12,23,25H,1,3-4,13-16H2,2H3;1H,2H3;1-2H. The predicted octanol–water partition coefficient (Wildman–Crippen LogP) is 14.2. The Bertz CT molecular complexity index is 3800. The molecule has 5 aromatic rings. The van der Waals surface area contributed by atoms with E-state index in [1.807, 2.05) is 97.9 Å². The molecule has 0 fully saturated rings. The third-order valence-corrected chi connectivity index (χ3v) is 12.8. The van der Waals surface area contributed by atoms with Gasteiger partial charge >= 0.3 is 5.97 Å². The van der Waals surface area contributed by atoms with Crippen molar-refractivity contribution in [2.24, 2.45) is 0 Å². The van der Waals surface area contributed by atoms with Crippen LogP contribution in [0.25, 0.3) is 5.76 Å². The number of carbonyl (C=O) groups is 1. The van der Waals surface area contributed by atoms with Gasteiger partial charge in [0.05, 0.1) is 44.7 Å². The minimum atomic E-state index is -0.670. The lowest BCUT2D eigenvalue weighted by atomic mass is 9.99. The molecule has 2 N–H and O–H groups in total. The first-order valence-corrected chi connectivity index (χ1v) is 31.4. The Kier molecular flexibility index (Phi) is 49.0. The maximum absolute atomic E-state index is 11.0. The minimum Gasteiger partial charge on any atom is -0.494 e. The molecular weight excluding hydrogens is 1250 g/mol. The van der Waals surface area contributed by atoms with E-state index in [0.717, 1.165) is 109 Å². The number of nitriles is 1. The summed E-state index contributed by atoms with van der Waals surface area (Å²) >= 11 is 0. The van der Waals surface area contributed by atoms with Crippen LogP contribution in [0.1, 0.15) is 122 Å². The second-order valence-electron chi connectivity index (χ2n) is 20.0. The number of unbranched alkanes of at least 4 members (excludes halogenated alkanes) is 6. The molecule has 0 bridgehead atoms. The molecule has 0 aliphatic heterocycles. The molecule has 0 radical (unpaired) electrons. The second kappa shape index (κ2) is 58.0. The van der Waals surface area contributed by atoms with Crippen LogP contribution in [0.4, 0.5) is 0 Å². The molecule has 2 atom stereocenters. The van der Waals surface area contributed by atoms with E-state index in [1.165, 1.54) is 6.08 Å². The molecular formula is C83H83NO15. The molecule has 0 aliphatic rings. The van der Waals surface area contributed by atoms with E-state index in [2.05, 4.69) is 131 Å². The molecule has 16 heteroatoms. The molecule has 0 aromatic heterocycles. The van der Waals surface area contributed by atoms with Gasteiger partial charge in [0.25, 0.3) is 0 Å². The van der Waals surface area contributed by atoms with Crippen LogP contribution in [0, 0.1) is 138 Å². The highest BCUT2D eigenvalue weighted by Crippen LogP contribution is 2.31. The second-order valence-corrected chi connectivity index (χ2v) is 20.0. The van der Waals surface area contributed by atoms with Gasteiger partial charge in [-0.25, -0.2) is 24.3 Å². The smallest absolute Gasteiger partial charge is 0.330 e. The number of methoxy groups -OCH3 is 1. The van der Waals surface area contributed by atoms with Crippen molar-refractivity contribution in [1.82, 2.24) is 0 Å². The molecule has 5 rings (SSSR count). The fraction of sp³-hybridized carbons (Fsp3) is 0.301. The number of benzene rings is 5. The Hall–Kier alpha value is -11.4. The number of rotatable bonds is 40. The van der Waals surface area contributed by atoms with Gasteiger partial charge in [-0.15, -0.1) is 25.8 Å². The molecule has 0 aliphatic carbocycles. The highest BCUT2D eigenvalue weighted by atomic mass is 17.2. The Labute approximate surface area is 585 Å². The van der Waals surface area contributed by atoms with Gasteiger partial charge in [0, 0.05) is 45.0 Å². The van der Waals surface area contributed by atoms with Gasteiger partial charge in [0.2, 0.25) is 6.79 Å². The summed E-state index contributed by atoms with van der Waals surface area (Å²) in [5.74, 6) is 43.4. The van der Waals surface area contributed by atoms with Crippen molar-refractivity contribution >= 4 is 11.7 Å². The highest BCUT2D eigenvalue weighted by Gasteiger charge is 2.18. The molecule has 16 nitrogen and oxygen atoms in total. The number of hydrogen-bond acceptors (Lipinski definition) is 16. The lowest BCUT2D eigenvalue weighted by Gasteiger charge is -2.17. The molecule has 510 valence electrons. The van der Waals surface area contributed by atoms with Crippen molar-refractivity contribution < 1.29 is 72.8 Å². The number of carbonyl (C=O) groups excluding carboxylic acids is 1. The van der Waals surface area contributed by atoms with Crippen LogP contribution in [0.2, 0.25) is 0 Å². The van der Waals surface area contributed by atoms with Crippen LogP contribution in [0.5, 0.6) is 23.0 Å². The largest absolute Gasteiger partial charge is 0.494 e. The van der Waals surface area contributed by atoms with Crippen LogP contribution < -0.4 is 18.9 Å². The summed E-state index contributed by atoms with van der Waals surface area (Å²) in [6.45, 7) is 19.8. The number of ether oxygens (including phenoxy) is 8. The first kappa shape index (κ1) is 83.6. The van der Waals surface area contributed by atoms with E-state index >= 15 is 0 Å². The lowest BCUT2D eigenvalue weighted by molar-refractivity contribution is -0.286. The van der Waals surface area contributed by atoms with Crippen molar-refractivity contribution in [3.05, 3.63) is 186 Å². The van der Waals surface area contributed by atoms with Crippen molar-refractivity contribution in [3.8, 4) is 149 Å². The molecule has 0 amide bonds. The van der Waals surface area contributed by atoms with Gasteiger partial charge in [-0.05, 0) is 248 Å². The van der Waals surface area contributed by atoms with Gasteiger partial charge in [0.1, 0.15) is 47.6 Å². The number of hydrogen-bond donors (Lipinski definition) is 2. The number of terminal acetylenes is 3. The third kappa shape index (κ3) is 40.5. The quantitative estimate of drug-likeness (QED) is 0.00433. The third-order valence-electron chi connectivity index (χ3n) is 12.8. The van der Waals surface area contributed by atoms with Gasteiger partial charge in [-0.3, -0.25) is 10.5 Å². The predicted molar refractivity (Wildman–Crippen MR) is 384 cm³/mol. The summed E-state index contributed by atoms with van der Waals surface area (Å²) in [5, 5.41) is 28.0. The van der Waals surface area contributed by atoms with Gasteiger partial charge in [0.15, 0.2) is 0 Å². The van der Waals surface area contributed by atoms with Crippen LogP contribution in [0.15, 0.2) is 147 Å². The van der Waals surface area contributed by atoms with E-state index < -0.39 is 12.2 Å². The summed E-state index contributed by atoms with van der Waals surface area (Å²) in [5.41, 5.74) is 5.36. The average molecular weight is 1330 g/mol. The van der Waals surface area contributed by atoms with Gasteiger partial charge in [-0.1, -0.05) is 86.2 Å². The van der Waals surface area contributed by atoms with Gasteiger partial charge < -0.3 is 37.9 Å². The molecule has 0 saturated carbocycles. The zero-order valence-corrected chi connectivity index (χ0v) is 56.4. The molecule has 2 unspecified atom stereocenters. The van der Waals surface area contributed by atoms with E-state index in [-0.39, 0.29) is 12.8 Å². The number of esters is 1. The first-order valence-electron chi connectivity index (χ1n) is 31.4. The number of nitrogens with zero attached hydrogens (tertiary/aromatic N) is 1. The Morgan fingerprint density at radius 3 is 1.43 bits per heavy atom. The highest BCUT2D eigenvalue weighted by molar-refractivity contribution is 5.81. The van der Waals surface area contributed by atoms with E-state index in [9.17, 15) is 15.3 Å². The summed E-state index contributed by atoms with van der Waals surface area (Å²) in [4.78, 5) is 30.5. The van der Waals surface area contributed by atoms with E-state index in [0.29, 0.717) is 82.3 Å². The Morgan fingerprint density at radius 2 is 0.949 bits per heavy atom. The normalized spacial score (nSPS) is 9.79. The first-order chi connectivity index (χ1) is 48.6. The topological polar surface area (TPSA) is 192 Å². The van der Waals surface area contributed by atoms with Crippen molar-refractivity contribution in [2.75, 3.05) is 73.4 Å². The van der Waals surface area contributed by atoms with E-state index in [1.54, 1.807) is 44.4 Å². The molecule has 5 aromatic carbocycles. The van der Waals surface area contributed by atoms with Crippen LogP contribution in [-0.4, -0.2) is 89.8 Å². The SMILES string of the molecule is C#CC#CC#CC#CC#C.C#CC#CC#CC#CC#CC.C=C(OCCCOCCCOC)c1ccc(C(OO)c2ccc(C#N)cc2)cc1.C=CCOOCCCCCCOc1ccc(OCOc2ccc(C(OO)c3ccc(OCCCCCCOC(=O)C=C)cc3)cc2C)cc1. The fourth-order valence-electron chi connectivity index (χ4n) is 7.97. The molecule has 0 heterocycles. The minimum absolute atomic E-state index is 0.0370. The maximum Gasteiger partial charge on any atom is 0.330 e. The maximum atomic E-state index is 11.0. The Morgan fingerprint density at radius 1 is 0.505 bits per heavy atom. The number of aryl methyl sites for hydroxylation is 1. The monoisotopic (exact) mass is 1330 g/mol. The summed E-state index contributed by atoms with van der Waals surface area (Å²) < 4.78 is 44.4. The molecule has 0 spiro atoms.